The Morgan fingerprint density at radius 1 is 1.12 bits per heavy atom. The molecular formula is C17H15ClF3N3S. The van der Waals surface area contributed by atoms with Crippen LogP contribution < -0.4 is 10.7 Å². The highest BCUT2D eigenvalue weighted by Gasteiger charge is 2.31. The molecule has 2 N–H and O–H groups in total. The number of nitrogens with one attached hydrogen (secondary N) is 2. The van der Waals surface area contributed by atoms with E-state index in [-0.39, 0.29) is 15.8 Å². The number of hydrazone groups is 1. The second-order valence-electron chi connectivity index (χ2n) is 5.32. The fraction of sp³-hybridized carbons (Fsp3) is 0.176. The number of benzene rings is 2. The van der Waals surface area contributed by atoms with Gasteiger partial charge in [-0.1, -0.05) is 41.4 Å². The summed E-state index contributed by atoms with van der Waals surface area (Å²) in [7, 11) is 0. The molecule has 0 saturated heterocycles. The summed E-state index contributed by atoms with van der Waals surface area (Å²) in [5.41, 5.74) is 4.54. The van der Waals surface area contributed by atoms with Gasteiger partial charge < -0.3 is 5.32 Å². The zero-order chi connectivity index (χ0) is 18.6. The minimum atomic E-state index is -4.46. The zero-order valence-electron chi connectivity index (χ0n) is 13.4. The number of hydrogen-bond acceptors (Lipinski definition) is 2. The maximum atomic E-state index is 12.8. The maximum absolute atomic E-state index is 12.8. The van der Waals surface area contributed by atoms with Crippen molar-refractivity contribution in [1.29, 1.82) is 0 Å². The number of anilines is 1. The van der Waals surface area contributed by atoms with Gasteiger partial charge in [0.25, 0.3) is 0 Å². The van der Waals surface area contributed by atoms with Gasteiger partial charge in [-0.25, -0.2) is 0 Å². The van der Waals surface area contributed by atoms with Crippen LogP contribution in [0.3, 0.4) is 0 Å². The highest BCUT2D eigenvalue weighted by molar-refractivity contribution is 7.80. The van der Waals surface area contributed by atoms with Gasteiger partial charge in [0.15, 0.2) is 5.11 Å². The average molecular weight is 386 g/mol. The van der Waals surface area contributed by atoms with E-state index in [9.17, 15) is 13.2 Å². The smallest absolute Gasteiger partial charge is 0.330 e. The molecule has 8 heteroatoms. The van der Waals surface area contributed by atoms with Gasteiger partial charge in [-0.2, -0.15) is 18.3 Å². The second kappa shape index (κ2) is 7.84. The summed E-state index contributed by atoms with van der Waals surface area (Å²) in [5.74, 6) is 0. The molecule has 3 nitrogen and oxygen atoms in total. The molecule has 0 unspecified atom stereocenters. The second-order valence-corrected chi connectivity index (χ2v) is 6.14. The molecule has 0 heterocycles. The van der Waals surface area contributed by atoms with Crippen molar-refractivity contribution in [3.8, 4) is 0 Å². The number of aryl methyl sites for hydroxylation is 1. The minimum Gasteiger partial charge on any atom is -0.330 e. The summed E-state index contributed by atoms with van der Waals surface area (Å²) in [5, 5.41) is 6.90. The minimum absolute atomic E-state index is 0.0349. The van der Waals surface area contributed by atoms with Gasteiger partial charge in [0, 0.05) is 0 Å². The third-order valence-electron chi connectivity index (χ3n) is 3.34. The van der Waals surface area contributed by atoms with Crippen molar-refractivity contribution in [2.45, 2.75) is 20.0 Å². The Kier molecular flexibility index (Phi) is 6.02. The van der Waals surface area contributed by atoms with Gasteiger partial charge in [-0.3, -0.25) is 5.43 Å². The van der Waals surface area contributed by atoms with E-state index in [0.29, 0.717) is 5.71 Å². The van der Waals surface area contributed by atoms with Crippen LogP contribution in [-0.2, 0) is 6.18 Å². The van der Waals surface area contributed by atoms with Crippen LogP contribution in [0.4, 0.5) is 18.9 Å². The van der Waals surface area contributed by atoms with Gasteiger partial charge >= 0.3 is 6.18 Å². The third-order valence-corrected chi connectivity index (χ3v) is 3.86. The first-order chi connectivity index (χ1) is 11.7. The average Bonchev–Trinajstić information content (AvgIpc) is 2.54. The Labute approximate surface area is 153 Å². The van der Waals surface area contributed by atoms with E-state index in [2.05, 4.69) is 15.8 Å². The van der Waals surface area contributed by atoms with Crippen LogP contribution in [-0.4, -0.2) is 10.8 Å². The summed E-state index contributed by atoms with van der Waals surface area (Å²) < 4.78 is 38.3. The maximum Gasteiger partial charge on any atom is 0.416 e. The Morgan fingerprint density at radius 3 is 2.36 bits per heavy atom. The molecule has 2 aromatic rings. The van der Waals surface area contributed by atoms with Crippen molar-refractivity contribution < 1.29 is 13.2 Å². The number of halogens is 4. The lowest BCUT2D eigenvalue weighted by Gasteiger charge is -2.13. The van der Waals surface area contributed by atoms with E-state index in [4.69, 9.17) is 23.8 Å². The standard InChI is InChI=1S/C17H15ClF3N3S/c1-10-3-5-12(6-4-10)11(2)23-24-16(25)22-15-9-13(17(19,20)21)7-8-14(15)18/h3-9H,1-2H3,(H2,22,24,25)/b23-11-. The molecule has 25 heavy (non-hydrogen) atoms. The SMILES string of the molecule is C/C(=N/NC(=S)Nc1cc(C(F)(F)F)ccc1Cl)c1ccc(C)cc1. The van der Waals surface area contributed by atoms with Crippen molar-refractivity contribution in [3.63, 3.8) is 0 Å². The third kappa shape index (κ3) is 5.44. The lowest BCUT2D eigenvalue weighted by Crippen LogP contribution is -2.25. The molecule has 0 spiro atoms. The highest BCUT2D eigenvalue weighted by atomic mass is 35.5. The lowest BCUT2D eigenvalue weighted by atomic mass is 10.1. The van der Waals surface area contributed by atoms with E-state index in [1.54, 1.807) is 6.92 Å². The van der Waals surface area contributed by atoms with Crippen LogP contribution in [0.15, 0.2) is 47.6 Å². The Hall–Kier alpha value is -2.12. The first-order valence-corrected chi connectivity index (χ1v) is 8.00. The summed E-state index contributed by atoms with van der Waals surface area (Å²) in [6.45, 7) is 3.77. The number of thiocarbonyl (C=S) groups is 1. The molecule has 132 valence electrons. The molecule has 2 aromatic carbocycles. The molecule has 0 aliphatic carbocycles. The van der Waals surface area contributed by atoms with Crippen LogP contribution in [0.5, 0.6) is 0 Å². The van der Waals surface area contributed by atoms with Crippen LogP contribution in [0.25, 0.3) is 0 Å². The van der Waals surface area contributed by atoms with Crippen LogP contribution in [0.1, 0.15) is 23.6 Å². The summed E-state index contributed by atoms with van der Waals surface area (Å²) in [6, 6.07) is 10.7. The number of hydrogen-bond donors (Lipinski definition) is 2. The van der Waals surface area contributed by atoms with Crippen molar-refractivity contribution in [3.05, 3.63) is 64.2 Å². The van der Waals surface area contributed by atoms with Gasteiger partial charge in [0.05, 0.1) is 22.0 Å². The number of rotatable bonds is 3. The van der Waals surface area contributed by atoms with Crippen molar-refractivity contribution in [1.82, 2.24) is 5.43 Å². The molecule has 0 saturated carbocycles. The van der Waals surface area contributed by atoms with Crippen LogP contribution in [0, 0.1) is 6.92 Å². The van der Waals surface area contributed by atoms with Crippen molar-refractivity contribution in [2.75, 3.05) is 5.32 Å². The molecule has 0 aliphatic heterocycles. The Morgan fingerprint density at radius 2 is 1.76 bits per heavy atom. The summed E-state index contributed by atoms with van der Waals surface area (Å²) in [6.07, 6.45) is -4.46. The number of alkyl halides is 3. The van der Waals surface area contributed by atoms with Crippen molar-refractivity contribution in [2.24, 2.45) is 5.10 Å². The quantitative estimate of drug-likeness (QED) is 0.423. The molecule has 0 amide bonds. The van der Waals surface area contributed by atoms with E-state index >= 15 is 0 Å². The highest BCUT2D eigenvalue weighted by Crippen LogP contribution is 2.33. The van der Waals surface area contributed by atoms with Crippen LogP contribution in [0.2, 0.25) is 5.02 Å². The van der Waals surface area contributed by atoms with Gasteiger partial charge in [-0.05, 0) is 49.8 Å². The monoisotopic (exact) mass is 385 g/mol. The summed E-state index contributed by atoms with van der Waals surface area (Å²) in [4.78, 5) is 0. The molecule has 0 bridgehead atoms. The van der Waals surface area contributed by atoms with Crippen molar-refractivity contribution >= 4 is 40.3 Å². The molecule has 0 atom stereocenters. The van der Waals surface area contributed by atoms with Gasteiger partial charge in [-0.15, -0.1) is 0 Å². The van der Waals surface area contributed by atoms with E-state index < -0.39 is 11.7 Å². The fourth-order valence-electron chi connectivity index (χ4n) is 1.94. The first-order valence-electron chi connectivity index (χ1n) is 7.22. The topological polar surface area (TPSA) is 36.4 Å². The molecule has 0 radical (unpaired) electrons. The predicted octanol–water partition coefficient (Wildman–Crippen LogP) is 5.38. The first kappa shape index (κ1) is 19.2. The normalized spacial score (nSPS) is 12.0. The van der Waals surface area contributed by atoms with Gasteiger partial charge in [0.1, 0.15) is 0 Å². The van der Waals surface area contributed by atoms with E-state index in [0.717, 1.165) is 29.3 Å². The summed E-state index contributed by atoms with van der Waals surface area (Å²) >= 11 is 11.0. The molecular weight excluding hydrogens is 371 g/mol. The molecule has 2 rings (SSSR count). The molecule has 0 aromatic heterocycles. The largest absolute Gasteiger partial charge is 0.416 e. The predicted molar refractivity (Wildman–Crippen MR) is 99.2 cm³/mol. The van der Waals surface area contributed by atoms with E-state index in [1.165, 1.54) is 0 Å². The lowest BCUT2D eigenvalue weighted by molar-refractivity contribution is -0.137. The number of nitrogens with zero attached hydrogens (tertiary/aromatic N) is 1. The molecule has 0 fully saturated rings. The fourth-order valence-corrected chi connectivity index (χ4v) is 2.26. The van der Waals surface area contributed by atoms with Crippen LogP contribution >= 0.6 is 23.8 Å². The Balaban J connectivity index is 2.07. The zero-order valence-corrected chi connectivity index (χ0v) is 15.0. The molecule has 0 aliphatic rings. The van der Waals surface area contributed by atoms with E-state index in [1.807, 2.05) is 31.2 Å². The Bertz CT molecular complexity index is 802. The van der Waals surface area contributed by atoms with Gasteiger partial charge in [0.2, 0.25) is 0 Å².